The third-order valence-corrected chi connectivity index (χ3v) is 2.62. The van der Waals surface area contributed by atoms with Crippen LogP contribution in [0.4, 0.5) is 0 Å². The molecule has 1 spiro atoms. The quantitative estimate of drug-likeness (QED) is 0.642. The molecule has 13 heavy (non-hydrogen) atoms. The second-order valence-corrected chi connectivity index (χ2v) is 3.90. The van der Waals surface area contributed by atoms with Gasteiger partial charge in [0.1, 0.15) is 5.60 Å². The molecule has 78 valence electrons. The summed E-state index contributed by atoms with van der Waals surface area (Å²) in [5.74, 6) is 0. The first-order valence-electron chi connectivity index (χ1n) is 4.77. The molecule has 0 amide bonds. The Labute approximate surface area is 85.6 Å². The normalized spacial score (nSPS) is 39.9. The second-order valence-electron chi connectivity index (χ2n) is 3.90. The van der Waals surface area contributed by atoms with Gasteiger partial charge in [-0.05, 0) is 19.8 Å². The van der Waals surface area contributed by atoms with Crippen LogP contribution < -0.4 is 5.32 Å². The summed E-state index contributed by atoms with van der Waals surface area (Å²) in [4.78, 5) is 0. The first-order chi connectivity index (χ1) is 5.81. The fourth-order valence-electron chi connectivity index (χ4n) is 2.07. The number of morpholine rings is 1. The van der Waals surface area contributed by atoms with Gasteiger partial charge in [0, 0.05) is 19.7 Å². The lowest BCUT2D eigenvalue weighted by Crippen LogP contribution is -2.57. The highest BCUT2D eigenvalue weighted by Gasteiger charge is 2.37. The highest BCUT2D eigenvalue weighted by atomic mass is 35.5. The molecule has 0 saturated carbocycles. The lowest BCUT2D eigenvalue weighted by atomic mass is 9.94. The van der Waals surface area contributed by atoms with Crippen molar-refractivity contribution in [2.45, 2.75) is 31.5 Å². The molecule has 2 aliphatic heterocycles. The van der Waals surface area contributed by atoms with Crippen LogP contribution in [0.5, 0.6) is 0 Å². The summed E-state index contributed by atoms with van der Waals surface area (Å²) in [6.45, 7) is 5.71. The zero-order chi connectivity index (χ0) is 8.44. The van der Waals surface area contributed by atoms with Crippen LogP contribution in [-0.4, -0.2) is 38.0 Å². The van der Waals surface area contributed by atoms with Crippen LogP contribution in [0.1, 0.15) is 19.8 Å². The fraction of sp³-hybridized carbons (Fsp3) is 1.00. The van der Waals surface area contributed by atoms with Crippen LogP contribution in [0.3, 0.4) is 0 Å². The molecule has 0 bridgehead atoms. The molecule has 2 saturated heterocycles. The molecule has 0 radical (unpaired) electrons. The topological polar surface area (TPSA) is 30.5 Å². The van der Waals surface area contributed by atoms with Crippen molar-refractivity contribution in [2.75, 3.05) is 26.3 Å². The molecule has 4 heteroatoms. The van der Waals surface area contributed by atoms with Crippen LogP contribution in [0, 0.1) is 0 Å². The van der Waals surface area contributed by atoms with Crippen molar-refractivity contribution in [1.82, 2.24) is 5.32 Å². The molecule has 2 aliphatic rings. The molecule has 2 unspecified atom stereocenters. The molecular weight excluding hydrogens is 190 g/mol. The van der Waals surface area contributed by atoms with Gasteiger partial charge in [0.05, 0.1) is 12.7 Å². The summed E-state index contributed by atoms with van der Waals surface area (Å²) in [5.41, 5.74) is -0.00405. The number of ether oxygens (including phenoxy) is 2. The van der Waals surface area contributed by atoms with Crippen LogP contribution in [0.15, 0.2) is 0 Å². The molecular formula is C9H18ClNO2. The molecule has 2 atom stereocenters. The third kappa shape index (κ3) is 2.56. The summed E-state index contributed by atoms with van der Waals surface area (Å²) >= 11 is 0. The minimum absolute atomic E-state index is 0. The van der Waals surface area contributed by atoms with Gasteiger partial charge >= 0.3 is 0 Å². The van der Waals surface area contributed by atoms with E-state index in [1.54, 1.807) is 0 Å². The van der Waals surface area contributed by atoms with Crippen molar-refractivity contribution in [1.29, 1.82) is 0 Å². The van der Waals surface area contributed by atoms with Crippen LogP contribution in [0.2, 0.25) is 0 Å². The first-order valence-corrected chi connectivity index (χ1v) is 4.77. The Morgan fingerprint density at radius 1 is 1.46 bits per heavy atom. The van der Waals surface area contributed by atoms with E-state index in [9.17, 15) is 0 Å². The van der Waals surface area contributed by atoms with Crippen molar-refractivity contribution >= 4 is 12.4 Å². The minimum atomic E-state index is -0.00405. The molecule has 2 fully saturated rings. The van der Waals surface area contributed by atoms with Crippen molar-refractivity contribution in [2.24, 2.45) is 0 Å². The smallest absolute Gasteiger partial charge is 0.104 e. The van der Waals surface area contributed by atoms with Gasteiger partial charge in [0.2, 0.25) is 0 Å². The van der Waals surface area contributed by atoms with Gasteiger partial charge < -0.3 is 14.8 Å². The SMILES string of the molecule is CC1CNCC2(CCCOC2)O1.Cl. The maximum absolute atomic E-state index is 5.93. The van der Waals surface area contributed by atoms with E-state index in [4.69, 9.17) is 9.47 Å². The Hall–Kier alpha value is 0.170. The molecule has 2 rings (SSSR count). The fourth-order valence-corrected chi connectivity index (χ4v) is 2.07. The number of hydrogen-bond donors (Lipinski definition) is 1. The van der Waals surface area contributed by atoms with E-state index in [0.29, 0.717) is 6.10 Å². The van der Waals surface area contributed by atoms with Crippen molar-refractivity contribution < 1.29 is 9.47 Å². The number of hydrogen-bond acceptors (Lipinski definition) is 3. The van der Waals surface area contributed by atoms with E-state index in [1.165, 1.54) is 0 Å². The van der Waals surface area contributed by atoms with Gasteiger partial charge in [-0.1, -0.05) is 0 Å². The second kappa shape index (κ2) is 4.60. The van der Waals surface area contributed by atoms with Crippen LogP contribution >= 0.6 is 12.4 Å². The van der Waals surface area contributed by atoms with Gasteiger partial charge in [0.15, 0.2) is 0 Å². The predicted octanol–water partition coefficient (Wildman–Crippen LogP) is 0.966. The zero-order valence-corrected chi connectivity index (χ0v) is 8.86. The Balaban J connectivity index is 0.000000845. The first kappa shape index (κ1) is 11.2. The van der Waals surface area contributed by atoms with Gasteiger partial charge in [-0.3, -0.25) is 0 Å². The van der Waals surface area contributed by atoms with E-state index in [-0.39, 0.29) is 18.0 Å². The Bertz CT molecular complexity index is 154. The summed E-state index contributed by atoms with van der Waals surface area (Å²) in [5, 5.41) is 3.39. The van der Waals surface area contributed by atoms with Crippen molar-refractivity contribution in [3.8, 4) is 0 Å². The highest BCUT2D eigenvalue weighted by Crippen LogP contribution is 2.26. The molecule has 0 aliphatic carbocycles. The van der Waals surface area contributed by atoms with Gasteiger partial charge in [0.25, 0.3) is 0 Å². The Morgan fingerprint density at radius 2 is 2.31 bits per heavy atom. The third-order valence-electron chi connectivity index (χ3n) is 2.62. The lowest BCUT2D eigenvalue weighted by molar-refractivity contribution is -0.167. The Morgan fingerprint density at radius 3 is 2.92 bits per heavy atom. The van der Waals surface area contributed by atoms with Gasteiger partial charge in [-0.15, -0.1) is 12.4 Å². The van der Waals surface area contributed by atoms with Crippen molar-refractivity contribution in [3.63, 3.8) is 0 Å². The number of nitrogens with one attached hydrogen (secondary N) is 1. The largest absolute Gasteiger partial charge is 0.378 e. The maximum atomic E-state index is 5.93. The Kier molecular flexibility index (Phi) is 3.98. The van der Waals surface area contributed by atoms with Crippen LogP contribution in [-0.2, 0) is 9.47 Å². The molecule has 3 nitrogen and oxygen atoms in total. The summed E-state index contributed by atoms with van der Waals surface area (Å²) < 4.78 is 11.4. The van der Waals surface area contributed by atoms with E-state index in [0.717, 1.165) is 39.1 Å². The van der Waals surface area contributed by atoms with E-state index in [2.05, 4.69) is 12.2 Å². The summed E-state index contributed by atoms with van der Waals surface area (Å²) in [6.07, 6.45) is 2.61. The monoisotopic (exact) mass is 207 g/mol. The van der Waals surface area contributed by atoms with E-state index < -0.39 is 0 Å². The molecule has 0 aromatic carbocycles. The molecule has 0 aromatic heterocycles. The summed E-state index contributed by atoms with van der Waals surface area (Å²) in [7, 11) is 0. The standard InChI is InChI=1S/C9H17NO2.ClH/c1-8-5-10-6-9(12-8)3-2-4-11-7-9;/h8,10H,2-7H2,1H3;1H. The lowest BCUT2D eigenvalue weighted by Gasteiger charge is -2.42. The highest BCUT2D eigenvalue weighted by molar-refractivity contribution is 5.85. The van der Waals surface area contributed by atoms with E-state index in [1.807, 2.05) is 0 Å². The predicted molar refractivity (Wildman–Crippen MR) is 53.4 cm³/mol. The molecule has 0 aromatic rings. The molecule has 2 heterocycles. The average Bonchev–Trinajstić information content (AvgIpc) is 2.05. The van der Waals surface area contributed by atoms with Gasteiger partial charge in [-0.25, -0.2) is 0 Å². The van der Waals surface area contributed by atoms with Crippen molar-refractivity contribution in [3.05, 3.63) is 0 Å². The van der Waals surface area contributed by atoms with Gasteiger partial charge in [-0.2, -0.15) is 0 Å². The zero-order valence-electron chi connectivity index (χ0n) is 8.04. The van der Waals surface area contributed by atoms with E-state index >= 15 is 0 Å². The van der Waals surface area contributed by atoms with Crippen LogP contribution in [0.25, 0.3) is 0 Å². The minimum Gasteiger partial charge on any atom is -0.378 e. The molecule has 1 N–H and O–H groups in total. The summed E-state index contributed by atoms with van der Waals surface area (Å²) in [6, 6.07) is 0. The number of rotatable bonds is 0. The number of halogens is 1. The average molecular weight is 208 g/mol. The maximum Gasteiger partial charge on any atom is 0.104 e.